The van der Waals surface area contributed by atoms with Crippen LogP contribution in [0, 0.1) is 5.41 Å². The van der Waals surface area contributed by atoms with E-state index in [0.717, 1.165) is 60.9 Å². The van der Waals surface area contributed by atoms with Crippen LogP contribution >= 0.6 is 0 Å². The van der Waals surface area contributed by atoms with Crippen LogP contribution in [-0.4, -0.2) is 17.9 Å². The monoisotopic (exact) mass is 716 g/mol. The van der Waals surface area contributed by atoms with Crippen molar-refractivity contribution >= 4 is 89.2 Å². The van der Waals surface area contributed by atoms with E-state index in [-0.39, 0.29) is 5.84 Å². The molecule has 0 spiro atoms. The SMILES string of the molecule is N=C(N=C(N=Cc1cccc2c(N3c4cc5ccccc5cc4-c4cccc5cccc3c45)cccc12)c1ccccc1)c1ccc2oc3ccccc3c2c1. The molecule has 262 valence electrons. The van der Waals surface area contributed by atoms with Crippen LogP contribution in [0.15, 0.2) is 196 Å². The molecule has 0 fully saturated rings. The Labute approximate surface area is 322 Å². The predicted molar refractivity (Wildman–Crippen MR) is 234 cm³/mol. The minimum Gasteiger partial charge on any atom is -0.456 e. The predicted octanol–water partition coefficient (Wildman–Crippen LogP) is 13.4. The van der Waals surface area contributed by atoms with Crippen molar-refractivity contribution in [2.75, 3.05) is 4.90 Å². The van der Waals surface area contributed by atoms with E-state index in [4.69, 9.17) is 19.8 Å². The molecule has 1 N–H and O–H groups in total. The number of para-hydroxylation sites is 1. The highest BCUT2D eigenvalue weighted by Gasteiger charge is 2.27. The zero-order chi connectivity index (χ0) is 37.2. The number of benzene rings is 9. The number of rotatable bonds is 4. The Morgan fingerprint density at radius 2 is 1.16 bits per heavy atom. The van der Waals surface area contributed by atoms with Crippen molar-refractivity contribution in [3.05, 3.63) is 199 Å². The highest BCUT2D eigenvalue weighted by Crippen LogP contribution is 2.53. The molecule has 0 bridgehead atoms. The van der Waals surface area contributed by atoms with Crippen LogP contribution < -0.4 is 4.90 Å². The number of anilines is 3. The van der Waals surface area contributed by atoms with Crippen LogP contribution in [0.25, 0.3) is 65.4 Å². The average molecular weight is 717 g/mol. The quantitative estimate of drug-likeness (QED) is 0.146. The lowest BCUT2D eigenvalue weighted by Gasteiger charge is -2.34. The van der Waals surface area contributed by atoms with Gasteiger partial charge in [-0.3, -0.25) is 5.41 Å². The summed E-state index contributed by atoms with van der Waals surface area (Å²) in [6, 6.07) is 63.0. The highest BCUT2D eigenvalue weighted by atomic mass is 16.3. The number of nitrogens with zero attached hydrogens (tertiary/aromatic N) is 3. The number of nitrogens with one attached hydrogen (secondary N) is 1. The lowest BCUT2D eigenvalue weighted by Crippen LogP contribution is -2.15. The zero-order valence-electron chi connectivity index (χ0n) is 30.1. The first kappa shape index (κ1) is 31.9. The molecule has 0 aliphatic carbocycles. The van der Waals surface area contributed by atoms with Crippen molar-refractivity contribution in [1.29, 1.82) is 5.41 Å². The van der Waals surface area contributed by atoms with E-state index in [2.05, 4.69) is 114 Å². The number of aliphatic imine (C=N–C) groups is 2. The largest absolute Gasteiger partial charge is 0.456 e. The maximum atomic E-state index is 9.11. The van der Waals surface area contributed by atoms with Crippen LogP contribution in [-0.2, 0) is 0 Å². The Hall–Kier alpha value is -7.63. The summed E-state index contributed by atoms with van der Waals surface area (Å²) >= 11 is 0. The van der Waals surface area contributed by atoms with E-state index in [1.165, 1.54) is 32.7 Å². The molecule has 1 aliphatic heterocycles. The summed E-state index contributed by atoms with van der Waals surface area (Å²) in [5.74, 6) is 0.583. The fourth-order valence-corrected chi connectivity index (χ4v) is 8.31. The molecular weight excluding hydrogens is 685 g/mol. The summed E-state index contributed by atoms with van der Waals surface area (Å²) in [6.45, 7) is 0. The number of fused-ring (bicyclic) bond motifs is 7. The van der Waals surface area contributed by atoms with E-state index >= 15 is 0 Å². The average Bonchev–Trinajstić information content (AvgIpc) is 3.63. The second-order valence-electron chi connectivity index (χ2n) is 14.2. The van der Waals surface area contributed by atoms with Crippen molar-refractivity contribution in [3.63, 3.8) is 0 Å². The standard InChI is InChI=1S/C51H32N4O/c52-50(36-26-27-48-43(29-36)40-19-6-7-25-47(40)56-48)54-51(33-12-2-1-3-13-33)53-31-37-18-9-21-39-38(37)20-11-23-44(39)55-45-24-10-17-32-16-8-22-41(49(32)45)42-28-34-14-4-5-15-35(34)30-46(42)55/h1-31,52H. The van der Waals surface area contributed by atoms with Crippen molar-refractivity contribution in [1.82, 2.24) is 0 Å². The highest BCUT2D eigenvalue weighted by molar-refractivity contribution is 6.19. The van der Waals surface area contributed by atoms with E-state index in [1.54, 1.807) is 0 Å². The first-order valence-corrected chi connectivity index (χ1v) is 18.7. The second kappa shape index (κ2) is 12.8. The fraction of sp³-hybridized carbons (Fsp3) is 0. The fourth-order valence-electron chi connectivity index (χ4n) is 8.31. The number of furan rings is 1. The first-order valence-electron chi connectivity index (χ1n) is 18.7. The van der Waals surface area contributed by atoms with Gasteiger partial charge in [0.05, 0.1) is 17.1 Å². The summed E-state index contributed by atoms with van der Waals surface area (Å²) in [4.78, 5) is 12.3. The van der Waals surface area contributed by atoms with Gasteiger partial charge in [0, 0.05) is 50.0 Å². The third-order valence-corrected chi connectivity index (χ3v) is 10.9. The molecule has 0 unspecified atom stereocenters. The van der Waals surface area contributed by atoms with Crippen molar-refractivity contribution < 1.29 is 4.42 Å². The Morgan fingerprint density at radius 1 is 0.482 bits per heavy atom. The van der Waals surface area contributed by atoms with Crippen LogP contribution in [0.1, 0.15) is 16.7 Å². The van der Waals surface area contributed by atoms with Crippen molar-refractivity contribution in [2.45, 2.75) is 0 Å². The molecule has 1 aliphatic rings. The van der Waals surface area contributed by atoms with E-state index in [0.29, 0.717) is 11.4 Å². The molecule has 10 aromatic rings. The molecule has 9 aromatic carbocycles. The Balaban J connectivity index is 1.04. The van der Waals surface area contributed by atoms with Crippen LogP contribution in [0.4, 0.5) is 17.1 Å². The summed E-state index contributed by atoms with van der Waals surface area (Å²) < 4.78 is 6.04. The summed E-state index contributed by atoms with van der Waals surface area (Å²) in [7, 11) is 0. The molecule has 0 saturated heterocycles. The van der Waals surface area contributed by atoms with Gasteiger partial charge in [-0.05, 0) is 75.6 Å². The Morgan fingerprint density at radius 3 is 2.05 bits per heavy atom. The van der Waals surface area contributed by atoms with E-state index in [1.807, 2.05) is 79.0 Å². The van der Waals surface area contributed by atoms with Gasteiger partial charge in [-0.15, -0.1) is 0 Å². The van der Waals surface area contributed by atoms with Crippen molar-refractivity contribution in [3.8, 4) is 11.1 Å². The molecule has 0 saturated carbocycles. The molecule has 56 heavy (non-hydrogen) atoms. The van der Waals surface area contributed by atoms with Crippen LogP contribution in [0.5, 0.6) is 0 Å². The maximum Gasteiger partial charge on any atom is 0.161 e. The summed E-state index contributed by atoms with van der Waals surface area (Å²) in [6.07, 6.45) is 1.88. The lowest BCUT2D eigenvalue weighted by molar-refractivity contribution is 0.669. The molecule has 0 atom stereocenters. The van der Waals surface area contributed by atoms with Gasteiger partial charge < -0.3 is 9.32 Å². The van der Waals surface area contributed by atoms with Gasteiger partial charge in [0.15, 0.2) is 11.7 Å². The van der Waals surface area contributed by atoms with Crippen molar-refractivity contribution in [2.24, 2.45) is 9.98 Å². The molecule has 1 aromatic heterocycles. The molecule has 5 nitrogen and oxygen atoms in total. The molecule has 5 heteroatoms. The van der Waals surface area contributed by atoms with Crippen LogP contribution in [0.3, 0.4) is 0 Å². The third-order valence-electron chi connectivity index (χ3n) is 10.9. The van der Waals surface area contributed by atoms with Gasteiger partial charge in [-0.25, -0.2) is 9.98 Å². The van der Waals surface area contributed by atoms with Gasteiger partial charge in [0.2, 0.25) is 0 Å². The second-order valence-corrected chi connectivity index (χ2v) is 14.2. The molecule has 0 radical (unpaired) electrons. The minimum atomic E-state index is 0.124. The normalized spacial score (nSPS) is 12.7. The first-order chi connectivity index (χ1) is 27.7. The van der Waals surface area contributed by atoms with Crippen LogP contribution in [0.2, 0.25) is 0 Å². The number of hydrogen-bond acceptors (Lipinski definition) is 3. The summed E-state index contributed by atoms with van der Waals surface area (Å²) in [5.41, 5.74) is 9.95. The minimum absolute atomic E-state index is 0.124. The third kappa shape index (κ3) is 5.13. The lowest BCUT2D eigenvalue weighted by atomic mass is 9.89. The topological polar surface area (TPSA) is 65.0 Å². The summed E-state index contributed by atoms with van der Waals surface area (Å²) in [5, 5.41) is 18.2. The molecule has 0 amide bonds. The smallest absolute Gasteiger partial charge is 0.161 e. The van der Waals surface area contributed by atoms with Gasteiger partial charge in [0.25, 0.3) is 0 Å². The molecule has 11 rings (SSSR count). The van der Waals surface area contributed by atoms with Gasteiger partial charge in [0.1, 0.15) is 11.2 Å². The Bertz CT molecular complexity index is 3280. The molecular formula is C51H32N4O. The Kier molecular flexibility index (Phi) is 7.25. The van der Waals surface area contributed by atoms with E-state index < -0.39 is 0 Å². The molecule has 2 heterocycles. The zero-order valence-corrected chi connectivity index (χ0v) is 30.1. The number of amidine groups is 2. The van der Waals surface area contributed by atoms with Gasteiger partial charge in [-0.2, -0.15) is 0 Å². The van der Waals surface area contributed by atoms with E-state index in [9.17, 15) is 0 Å². The van der Waals surface area contributed by atoms with Gasteiger partial charge >= 0.3 is 0 Å². The maximum absolute atomic E-state index is 9.11. The number of hydrogen-bond donors (Lipinski definition) is 1. The van der Waals surface area contributed by atoms with Gasteiger partial charge in [-0.1, -0.05) is 133 Å².